The van der Waals surface area contributed by atoms with Crippen LogP contribution in [0.1, 0.15) is 13.8 Å². The summed E-state index contributed by atoms with van der Waals surface area (Å²) in [4.78, 5) is 8.81. The van der Waals surface area contributed by atoms with E-state index in [2.05, 4.69) is 25.4 Å². The van der Waals surface area contributed by atoms with Crippen LogP contribution in [0.2, 0.25) is 9.88 Å². The molecule has 0 aromatic heterocycles. The van der Waals surface area contributed by atoms with E-state index in [1.54, 1.807) is 8.95 Å². The molecule has 0 heterocycles. The van der Waals surface area contributed by atoms with E-state index in [0.717, 1.165) is 16.6 Å². The second kappa shape index (κ2) is 7.40. The van der Waals surface area contributed by atoms with Crippen LogP contribution in [0.5, 0.6) is 0 Å². The topological polar surface area (TPSA) is 36.8 Å². The van der Waals surface area contributed by atoms with Crippen LogP contribution in [-0.4, -0.2) is 26.7 Å². The molecule has 3 nitrogen and oxygen atoms in total. The number of benzene rings is 1. The van der Waals surface area contributed by atoms with Gasteiger partial charge in [-0.15, -0.1) is 0 Å². The van der Waals surface area contributed by atoms with Gasteiger partial charge in [-0.2, -0.15) is 0 Å². The van der Waals surface area contributed by atoms with E-state index in [1.807, 2.05) is 44.2 Å². The molecule has 0 aliphatic heterocycles. The van der Waals surface area contributed by atoms with E-state index in [0.29, 0.717) is 0 Å². The van der Waals surface area contributed by atoms with Gasteiger partial charge >= 0.3 is 120 Å². The van der Waals surface area contributed by atoms with Gasteiger partial charge in [0.15, 0.2) is 0 Å². The molecule has 0 saturated carbocycles. The minimum atomic E-state index is -2.53. The van der Waals surface area contributed by atoms with Crippen molar-refractivity contribution < 1.29 is 0 Å². The van der Waals surface area contributed by atoms with Crippen LogP contribution >= 0.6 is 17.9 Å². The number of halogens is 1. The summed E-state index contributed by atoms with van der Waals surface area (Å²) in [5, 5.41) is 4.97. The van der Waals surface area contributed by atoms with Crippen molar-refractivity contribution >= 4 is 50.3 Å². The minimum absolute atomic E-state index is 0.776. The quantitative estimate of drug-likeness (QED) is 0.361. The first-order valence-electron chi connectivity index (χ1n) is 5.65. The first-order chi connectivity index (χ1) is 8.37. The normalized spacial score (nSPS) is 12.2. The summed E-state index contributed by atoms with van der Waals surface area (Å²) in [6, 6.07) is 9.82. The summed E-state index contributed by atoms with van der Waals surface area (Å²) in [5.74, 6) is 0. The second-order valence-corrected chi connectivity index (χ2v) is 29.2. The average molecular weight is 391 g/mol. The Morgan fingerprint density at radius 3 is 2.33 bits per heavy atom. The number of rotatable bonds is 3. The molecule has 0 unspecified atom stereocenters. The van der Waals surface area contributed by atoms with Gasteiger partial charge in [-0.25, -0.2) is 0 Å². The molecule has 1 N–H and O–H groups in total. The van der Waals surface area contributed by atoms with Gasteiger partial charge in [0.25, 0.3) is 0 Å². The molecule has 0 radical (unpaired) electrons. The molecule has 1 aromatic carbocycles. The van der Waals surface area contributed by atoms with E-state index >= 15 is 0 Å². The molecule has 0 atom stereocenters. The standard InChI is InChI=1S/C10H13N3S.2CH3.ClH.Sn/c1-8(2)12-13-10(14)11-9-6-4-3-5-7-9;;;;/h3-7H,1-2H3,(H2,11,13,14);2*1H3;1H;/q;;;;+2/p-2. The summed E-state index contributed by atoms with van der Waals surface area (Å²) in [6.07, 6.45) is 0. The molecular formula is C12H18ClN3SSn. The molecule has 1 aromatic rings. The molecule has 1 rings (SSSR count). The third kappa shape index (κ3) is 7.28. The maximum atomic E-state index is 6.41. The van der Waals surface area contributed by atoms with Gasteiger partial charge in [0.2, 0.25) is 0 Å². The van der Waals surface area contributed by atoms with E-state index in [9.17, 15) is 0 Å². The molecule has 0 spiro atoms. The van der Waals surface area contributed by atoms with Crippen LogP contribution in [0.15, 0.2) is 40.4 Å². The van der Waals surface area contributed by atoms with E-state index in [4.69, 9.17) is 8.92 Å². The monoisotopic (exact) mass is 391 g/mol. The van der Waals surface area contributed by atoms with Crippen LogP contribution in [0.3, 0.4) is 0 Å². The SMILES string of the molecule is CC(C)=NNC(=Nc1ccccc1)[S][Sn]([CH3])([CH3])[Cl]. The van der Waals surface area contributed by atoms with E-state index < -0.39 is 15.9 Å². The van der Waals surface area contributed by atoms with Crippen molar-refractivity contribution in [3.8, 4) is 0 Å². The van der Waals surface area contributed by atoms with Crippen LogP contribution in [0, 0.1) is 0 Å². The molecule has 0 bridgehead atoms. The van der Waals surface area contributed by atoms with E-state index in [1.165, 1.54) is 0 Å². The van der Waals surface area contributed by atoms with Crippen LogP contribution in [0.4, 0.5) is 5.69 Å². The molecule has 0 amide bonds. The Hall–Kier alpha value is -0.201. The molecule has 0 aliphatic carbocycles. The Labute approximate surface area is 119 Å². The van der Waals surface area contributed by atoms with Crippen LogP contribution < -0.4 is 5.43 Å². The number of hydrogen-bond donors (Lipinski definition) is 1. The molecular weight excluding hydrogens is 372 g/mol. The zero-order valence-corrected chi connectivity index (χ0v) is 15.5. The van der Waals surface area contributed by atoms with Gasteiger partial charge in [0.05, 0.1) is 0 Å². The van der Waals surface area contributed by atoms with Crippen molar-refractivity contribution in [2.24, 2.45) is 10.1 Å². The summed E-state index contributed by atoms with van der Waals surface area (Å²) in [7, 11) is 8.06. The Morgan fingerprint density at radius 2 is 1.83 bits per heavy atom. The molecule has 6 heteroatoms. The number of hydrazone groups is 1. The fraction of sp³-hybridized carbons (Fsp3) is 0.333. The third-order valence-electron chi connectivity index (χ3n) is 1.70. The van der Waals surface area contributed by atoms with Crippen molar-refractivity contribution in [1.82, 2.24) is 5.43 Å². The Kier molecular flexibility index (Phi) is 6.52. The number of para-hydroxylation sites is 1. The van der Waals surface area contributed by atoms with Gasteiger partial charge in [-0.1, -0.05) is 0 Å². The third-order valence-corrected chi connectivity index (χ3v) is 9.93. The zero-order valence-electron chi connectivity index (χ0n) is 11.1. The fourth-order valence-corrected chi connectivity index (χ4v) is 7.97. The first kappa shape index (κ1) is 15.9. The van der Waals surface area contributed by atoms with E-state index in [-0.39, 0.29) is 0 Å². The van der Waals surface area contributed by atoms with Gasteiger partial charge in [0, 0.05) is 0 Å². The van der Waals surface area contributed by atoms with Gasteiger partial charge in [-0.3, -0.25) is 0 Å². The molecule has 18 heavy (non-hydrogen) atoms. The molecule has 0 saturated heterocycles. The molecule has 0 aliphatic rings. The predicted octanol–water partition coefficient (Wildman–Crippen LogP) is 4.33. The number of nitrogens with zero attached hydrogens (tertiary/aromatic N) is 2. The van der Waals surface area contributed by atoms with Crippen molar-refractivity contribution in [1.29, 1.82) is 0 Å². The first-order valence-corrected chi connectivity index (χ1v) is 19.3. The van der Waals surface area contributed by atoms with Gasteiger partial charge in [-0.05, 0) is 0 Å². The van der Waals surface area contributed by atoms with Crippen molar-refractivity contribution in [2.45, 2.75) is 23.7 Å². The summed E-state index contributed by atoms with van der Waals surface area (Å²) in [5.41, 5.74) is 4.86. The number of amidine groups is 1. The van der Waals surface area contributed by atoms with Crippen molar-refractivity contribution in [3.05, 3.63) is 30.3 Å². The summed E-state index contributed by atoms with van der Waals surface area (Å²) >= 11 is -2.53. The number of aliphatic imine (C=N–C) groups is 1. The molecule has 98 valence electrons. The number of hydrogen-bond acceptors (Lipinski definition) is 3. The Bertz CT molecular complexity index is 436. The van der Waals surface area contributed by atoms with Gasteiger partial charge < -0.3 is 0 Å². The van der Waals surface area contributed by atoms with Crippen LogP contribution in [0.25, 0.3) is 0 Å². The average Bonchev–Trinajstić information content (AvgIpc) is 2.25. The number of nitrogens with one attached hydrogen (secondary N) is 1. The molecule has 0 fully saturated rings. The fourth-order valence-electron chi connectivity index (χ4n) is 1.08. The Morgan fingerprint density at radius 1 is 1.22 bits per heavy atom. The Balaban J connectivity index is 2.90. The van der Waals surface area contributed by atoms with Crippen molar-refractivity contribution in [3.63, 3.8) is 0 Å². The summed E-state index contributed by atoms with van der Waals surface area (Å²) in [6.45, 7) is 3.87. The van der Waals surface area contributed by atoms with Gasteiger partial charge in [0.1, 0.15) is 0 Å². The zero-order chi connectivity index (χ0) is 13.6. The van der Waals surface area contributed by atoms with Crippen molar-refractivity contribution in [2.75, 3.05) is 0 Å². The maximum absolute atomic E-state index is 6.41. The predicted molar refractivity (Wildman–Crippen MR) is 86.4 cm³/mol. The summed E-state index contributed by atoms with van der Waals surface area (Å²) < 4.78 is 0. The second-order valence-electron chi connectivity index (χ2n) is 4.39. The van der Waals surface area contributed by atoms with Crippen LogP contribution in [-0.2, 0) is 0 Å².